The molecule has 2 aliphatic rings. The van der Waals surface area contributed by atoms with Crippen molar-refractivity contribution in [3.63, 3.8) is 0 Å². The second kappa shape index (κ2) is 40.2. The van der Waals surface area contributed by atoms with Gasteiger partial charge >= 0.3 is 47.8 Å². The summed E-state index contributed by atoms with van der Waals surface area (Å²) in [7, 11) is 0. The van der Waals surface area contributed by atoms with Gasteiger partial charge in [-0.2, -0.15) is 0 Å². The molecule has 0 saturated carbocycles. The highest BCUT2D eigenvalue weighted by molar-refractivity contribution is 6.00. The Hall–Kier alpha value is -10.2. The summed E-state index contributed by atoms with van der Waals surface area (Å²) in [5.41, 5.74) is 5.86. The van der Waals surface area contributed by atoms with Crippen molar-refractivity contribution >= 4 is 113 Å². The highest BCUT2D eigenvalue weighted by Crippen LogP contribution is 2.22. The molecular weight excluding hydrogens is 1290 g/mol. The van der Waals surface area contributed by atoms with Crippen LogP contribution in [0.1, 0.15) is 136 Å². The van der Waals surface area contributed by atoms with Crippen LogP contribution in [0.5, 0.6) is 0 Å². The van der Waals surface area contributed by atoms with Crippen LogP contribution < -0.4 is 53.6 Å². The first-order valence-corrected chi connectivity index (χ1v) is 30.4. The molecule has 0 aromatic rings. The topological polar surface area (TPSA) is 647 Å². The molecule has 0 aromatic heterocycles. The summed E-state index contributed by atoms with van der Waals surface area (Å²) in [4.78, 5) is 246. The maximum Gasteiger partial charge on any atom is 0.326 e. The molecule has 536 valence electrons. The summed E-state index contributed by atoms with van der Waals surface area (Å²) < 4.78 is 0. The summed E-state index contributed by atoms with van der Waals surface area (Å²) >= 11 is 0. The number of rotatable bonds is 44. The molecular formula is C56H84N12O28. The van der Waals surface area contributed by atoms with Crippen molar-refractivity contribution in [2.75, 3.05) is 19.7 Å². The Morgan fingerprint density at radius 2 is 0.719 bits per heavy atom. The molecule has 2 rings (SSSR count). The number of hydrogen-bond acceptors (Lipinski definition) is 21. The number of amides is 11. The van der Waals surface area contributed by atoms with Gasteiger partial charge in [0.05, 0.1) is 19.1 Å². The lowest BCUT2D eigenvalue weighted by Crippen LogP contribution is -2.61. The first kappa shape index (κ1) is 81.9. The average Bonchev–Trinajstić information content (AvgIpc) is 1.62. The zero-order valence-electron chi connectivity index (χ0n) is 52.6. The molecule has 0 unspecified atom stereocenters. The third-order valence-corrected chi connectivity index (χ3v) is 15.4. The van der Waals surface area contributed by atoms with E-state index in [4.69, 9.17) is 10.8 Å². The average molecular weight is 1370 g/mol. The van der Waals surface area contributed by atoms with Crippen LogP contribution in [-0.4, -0.2) is 261 Å². The Balaban J connectivity index is 2.43. The molecule has 96 heavy (non-hydrogen) atoms. The highest BCUT2D eigenvalue weighted by atomic mass is 16.4. The Morgan fingerprint density at radius 3 is 1.09 bits per heavy atom. The molecule has 11 amide bonds. The molecule has 20 N–H and O–H groups in total. The number of hydrogen-bond donors (Lipinski definition) is 19. The first-order valence-electron chi connectivity index (χ1n) is 30.4. The smallest absolute Gasteiger partial charge is 0.326 e. The van der Waals surface area contributed by atoms with Crippen molar-refractivity contribution in [2.45, 2.75) is 209 Å². The van der Waals surface area contributed by atoms with Gasteiger partial charge in [0, 0.05) is 51.6 Å². The number of carbonyl (C=O) groups excluding carboxylic acids is 11. The minimum atomic E-state index is -2.11. The van der Waals surface area contributed by atoms with Crippen molar-refractivity contribution in [2.24, 2.45) is 11.7 Å². The number of carboxylic acid groups (broad SMARTS) is 8. The van der Waals surface area contributed by atoms with Crippen molar-refractivity contribution in [3.8, 4) is 0 Å². The van der Waals surface area contributed by atoms with Crippen molar-refractivity contribution in [1.82, 2.24) is 57.7 Å². The second-order valence-electron chi connectivity index (χ2n) is 22.7. The van der Waals surface area contributed by atoms with Crippen molar-refractivity contribution in [1.29, 1.82) is 0 Å². The number of nitrogens with zero attached hydrogens (tertiary/aromatic N) is 2. The van der Waals surface area contributed by atoms with E-state index in [9.17, 15) is 132 Å². The zero-order valence-corrected chi connectivity index (χ0v) is 52.6. The number of aliphatic carboxylic acids is 8. The third kappa shape index (κ3) is 27.8. The molecule has 0 aromatic carbocycles. The summed E-state index contributed by atoms with van der Waals surface area (Å²) in [6.45, 7) is 2.67. The van der Waals surface area contributed by atoms with Crippen LogP contribution in [-0.2, 0) is 91.1 Å². The van der Waals surface area contributed by atoms with E-state index in [0.717, 1.165) is 16.7 Å². The summed E-state index contributed by atoms with van der Waals surface area (Å²) in [6.07, 6.45) is -9.71. The fourth-order valence-corrected chi connectivity index (χ4v) is 9.91. The zero-order chi connectivity index (χ0) is 72.8. The molecule has 13 atom stereocenters. The van der Waals surface area contributed by atoms with E-state index in [-0.39, 0.29) is 45.2 Å². The molecule has 2 heterocycles. The van der Waals surface area contributed by atoms with Gasteiger partial charge in [-0.15, -0.1) is 0 Å². The van der Waals surface area contributed by atoms with E-state index < -0.39 is 275 Å². The molecule has 0 radical (unpaired) electrons. The first-order chi connectivity index (χ1) is 44.9. The van der Waals surface area contributed by atoms with Crippen LogP contribution in [0.3, 0.4) is 0 Å². The molecule has 0 bridgehead atoms. The van der Waals surface area contributed by atoms with E-state index in [0.29, 0.717) is 6.42 Å². The van der Waals surface area contributed by atoms with Gasteiger partial charge in [-0.25, -0.2) is 4.79 Å². The number of carbonyl (C=O) groups is 19. The Kier molecular flexibility index (Phi) is 34.3. The number of likely N-dealkylation sites (tertiary alicyclic amines) is 2. The minimum absolute atomic E-state index is 0.0000119. The molecule has 2 saturated heterocycles. The third-order valence-electron chi connectivity index (χ3n) is 15.4. The number of aliphatic hydroxyl groups excluding tert-OH is 1. The van der Waals surface area contributed by atoms with Gasteiger partial charge in [-0.1, -0.05) is 20.3 Å². The number of nitrogens with two attached hydrogens (primary N) is 1. The predicted molar refractivity (Wildman–Crippen MR) is 318 cm³/mol. The van der Waals surface area contributed by atoms with Crippen LogP contribution in [0.25, 0.3) is 0 Å². The fraction of sp³-hybridized carbons (Fsp3) is 0.661. The monoisotopic (exact) mass is 1370 g/mol. The van der Waals surface area contributed by atoms with Gasteiger partial charge in [0.2, 0.25) is 65.0 Å². The summed E-state index contributed by atoms with van der Waals surface area (Å²) in [5.74, 6) is -25.9. The lowest BCUT2D eigenvalue weighted by molar-refractivity contribution is -0.144. The molecule has 2 aliphatic heterocycles. The van der Waals surface area contributed by atoms with Gasteiger partial charge in [-0.3, -0.25) is 86.3 Å². The normalized spacial score (nSPS) is 17.6. The molecule has 0 aliphatic carbocycles. The quantitative estimate of drug-likeness (QED) is 0.0270. The molecule has 40 heteroatoms. The van der Waals surface area contributed by atoms with Gasteiger partial charge in [0.25, 0.3) is 0 Å². The predicted octanol–water partition coefficient (Wildman–Crippen LogP) is -6.53. The van der Waals surface area contributed by atoms with E-state index in [1.807, 2.05) is 5.32 Å². The summed E-state index contributed by atoms with van der Waals surface area (Å²) in [6, 6.07) is -21.0. The number of aliphatic hydroxyl groups is 1. The lowest BCUT2D eigenvalue weighted by atomic mass is 9.99. The Morgan fingerprint density at radius 1 is 0.396 bits per heavy atom. The fourth-order valence-electron chi connectivity index (χ4n) is 9.91. The SMILES string of the molecule is CC[C@H](C)[C@H](NC(=O)[C@H](C)NC(=O)[C@H](CCC(=O)O)NC(=O)[C@H](CCC(=O)O)NC(=O)[C@H](CCC(=O)O)NC(=O)[C@@H]1CCCN1C(=O)[C@H](CCC(=O)O)NC(=O)[C@H](CCC(=O)O)NC(=O)[C@H](CO)NC(=O)[C@H](CC(=O)O)NC(=O)[C@@H]1CCCN1C(=O)[C@@H](N)CCC(=O)O)C(=O)O. The molecule has 40 nitrogen and oxygen atoms in total. The maximum absolute atomic E-state index is 14.4. The van der Waals surface area contributed by atoms with Crippen LogP contribution in [0, 0.1) is 5.92 Å². The van der Waals surface area contributed by atoms with Crippen LogP contribution >= 0.6 is 0 Å². The Labute approximate surface area is 546 Å². The maximum atomic E-state index is 14.4. The van der Waals surface area contributed by atoms with Gasteiger partial charge < -0.3 is 109 Å². The molecule has 0 spiro atoms. The number of nitrogens with one attached hydrogen (secondary N) is 9. The van der Waals surface area contributed by atoms with Crippen LogP contribution in [0.15, 0.2) is 0 Å². The van der Waals surface area contributed by atoms with Crippen molar-refractivity contribution in [3.05, 3.63) is 0 Å². The lowest BCUT2D eigenvalue weighted by Gasteiger charge is -2.31. The standard InChI is InChI=1S/C56H84N12O28/c1-4-25(2)44(56(95)96)66-45(84)26(3)58-46(85)28(10-16-38(72)73)59-47(86)29(11-17-39(74)75)60-48(87)31(13-19-41(78)79)62-52(91)36-8-6-22-68(36)55(94)32(14-20-42(80)81)63-49(88)30(12-18-40(76)77)61-51(90)34(24-69)65-50(89)33(23-43(82)83)64-53(92)35-7-5-21-67(35)54(93)27(57)9-15-37(70)71/h25-36,44,69H,4-24,57H2,1-3H3,(H,58,85)(H,59,86)(H,60,87)(H,61,90)(H,62,91)(H,63,88)(H,64,92)(H,65,89)(H,66,84)(H,70,71)(H,72,73)(H,74,75)(H,76,77)(H,78,79)(H,80,81)(H,82,83)(H,95,96)/t25-,26-,27-,28-,29-,30-,31-,32-,33-,34-,35-,36-,44-/m0/s1. The molecule has 2 fully saturated rings. The summed E-state index contributed by atoms with van der Waals surface area (Å²) in [5, 5.41) is 106. The number of carboxylic acids is 8. The van der Waals surface area contributed by atoms with Crippen LogP contribution in [0.4, 0.5) is 0 Å². The van der Waals surface area contributed by atoms with E-state index >= 15 is 0 Å². The van der Waals surface area contributed by atoms with Gasteiger partial charge in [-0.05, 0) is 77.0 Å². The van der Waals surface area contributed by atoms with E-state index in [1.54, 1.807) is 6.92 Å². The van der Waals surface area contributed by atoms with Gasteiger partial charge in [0.1, 0.15) is 66.5 Å². The van der Waals surface area contributed by atoms with E-state index in [2.05, 4.69) is 42.5 Å². The second-order valence-corrected chi connectivity index (χ2v) is 22.7. The highest BCUT2D eigenvalue weighted by Gasteiger charge is 2.43. The van der Waals surface area contributed by atoms with Crippen molar-refractivity contribution < 1.29 is 137 Å². The van der Waals surface area contributed by atoms with Gasteiger partial charge in [0.15, 0.2) is 0 Å². The minimum Gasteiger partial charge on any atom is -0.481 e. The van der Waals surface area contributed by atoms with Crippen LogP contribution in [0.2, 0.25) is 0 Å². The van der Waals surface area contributed by atoms with E-state index in [1.165, 1.54) is 6.92 Å². The largest absolute Gasteiger partial charge is 0.481 e. The Bertz CT molecular complexity index is 2910.